The van der Waals surface area contributed by atoms with Crippen molar-refractivity contribution in [2.24, 2.45) is 0 Å². The van der Waals surface area contributed by atoms with Gasteiger partial charge in [-0.2, -0.15) is 15.4 Å². The summed E-state index contributed by atoms with van der Waals surface area (Å²) in [5.74, 6) is -0.960. The van der Waals surface area contributed by atoms with Gasteiger partial charge < -0.3 is 10.1 Å². The molecule has 5 rings (SSSR count). The standard InChI is InChI=1S/C26H22FN5O4/c27-19-9-5-11-21(24(19)18-8-4-10-20-25(18)30-31-29-20)32-15-17(36-26(32)35)14-28-23(34)13-12-22(33)16-6-2-1-3-7-16/h1-11,17H,12-15H2,(H,28,34)(H,29,30,31)/t17-/m0/s1. The van der Waals surface area contributed by atoms with Gasteiger partial charge in [0.1, 0.15) is 23.0 Å². The van der Waals surface area contributed by atoms with Crippen LogP contribution in [0.2, 0.25) is 0 Å². The van der Waals surface area contributed by atoms with E-state index in [4.69, 9.17) is 4.74 Å². The van der Waals surface area contributed by atoms with E-state index in [1.165, 1.54) is 17.0 Å². The van der Waals surface area contributed by atoms with Crippen LogP contribution < -0.4 is 10.2 Å². The lowest BCUT2D eigenvalue weighted by Gasteiger charge is -2.18. The predicted molar refractivity (Wildman–Crippen MR) is 130 cm³/mol. The SMILES string of the molecule is O=C(CCC(=O)c1ccccc1)NC[C@H]1CN(c2cccc(F)c2-c2cccc3n[nH]nc23)C(=O)O1. The number of amides is 2. The van der Waals surface area contributed by atoms with E-state index in [1.807, 2.05) is 6.07 Å². The molecular weight excluding hydrogens is 465 g/mol. The first kappa shape index (κ1) is 23.2. The van der Waals surface area contributed by atoms with Crippen LogP contribution in [0.1, 0.15) is 23.2 Å². The molecule has 0 unspecified atom stereocenters. The fraction of sp³-hybridized carbons (Fsp3) is 0.192. The minimum absolute atomic E-state index is 0.0217. The van der Waals surface area contributed by atoms with Crippen LogP contribution in [0.4, 0.5) is 14.9 Å². The summed E-state index contributed by atoms with van der Waals surface area (Å²) >= 11 is 0. The third-order valence-corrected chi connectivity index (χ3v) is 5.97. The van der Waals surface area contributed by atoms with E-state index in [-0.39, 0.29) is 43.2 Å². The molecule has 1 saturated heterocycles. The molecule has 0 aliphatic carbocycles. The molecule has 1 aliphatic heterocycles. The first-order chi connectivity index (χ1) is 17.5. The Morgan fingerprint density at radius 1 is 1.03 bits per heavy atom. The van der Waals surface area contributed by atoms with Gasteiger partial charge in [-0.15, -0.1) is 0 Å². The van der Waals surface area contributed by atoms with Crippen molar-refractivity contribution in [2.75, 3.05) is 18.0 Å². The molecule has 1 fully saturated rings. The van der Waals surface area contributed by atoms with Gasteiger partial charge in [-0.05, 0) is 18.2 Å². The molecule has 9 nitrogen and oxygen atoms in total. The normalized spacial score (nSPS) is 15.2. The van der Waals surface area contributed by atoms with Gasteiger partial charge in [0, 0.05) is 29.5 Å². The first-order valence-electron chi connectivity index (χ1n) is 11.4. The second kappa shape index (κ2) is 9.95. The Morgan fingerprint density at radius 2 is 1.83 bits per heavy atom. The number of cyclic esters (lactones) is 1. The molecule has 0 bridgehead atoms. The molecule has 10 heteroatoms. The van der Waals surface area contributed by atoms with Crippen molar-refractivity contribution in [1.29, 1.82) is 0 Å². The zero-order chi connectivity index (χ0) is 25.1. The number of fused-ring (bicyclic) bond motifs is 1. The summed E-state index contributed by atoms with van der Waals surface area (Å²) in [6, 6.07) is 18.4. The Kier molecular flexibility index (Phi) is 6.40. The third-order valence-electron chi connectivity index (χ3n) is 5.97. The first-order valence-corrected chi connectivity index (χ1v) is 11.4. The summed E-state index contributed by atoms with van der Waals surface area (Å²) in [4.78, 5) is 38.5. The van der Waals surface area contributed by atoms with Gasteiger partial charge in [-0.25, -0.2) is 9.18 Å². The smallest absolute Gasteiger partial charge is 0.414 e. The summed E-state index contributed by atoms with van der Waals surface area (Å²) in [7, 11) is 0. The van der Waals surface area contributed by atoms with Gasteiger partial charge in [-0.1, -0.05) is 48.5 Å². The van der Waals surface area contributed by atoms with E-state index in [9.17, 15) is 14.4 Å². The van der Waals surface area contributed by atoms with Crippen LogP contribution in [0.5, 0.6) is 0 Å². The van der Waals surface area contributed by atoms with Gasteiger partial charge in [-0.3, -0.25) is 14.5 Å². The third kappa shape index (κ3) is 4.65. The van der Waals surface area contributed by atoms with E-state index in [0.29, 0.717) is 27.8 Å². The summed E-state index contributed by atoms with van der Waals surface area (Å²) in [6.45, 7) is 0.192. The number of carbonyl (C=O) groups is 3. The average Bonchev–Trinajstić information content (AvgIpc) is 3.53. The molecule has 4 aromatic rings. The molecule has 1 aromatic heterocycles. The summed E-state index contributed by atoms with van der Waals surface area (Å²) in [6.07, 6.45) is -1.18. The Labute approximate surface area is 205 Å². The van der Waals surface area contributed by atoms with Gasteiger partial charge in [0.25, 0.3) is 0 Å². The minimum atomic E-state index is -0.646. The lowest BCUT2D eigenvalue weighted by molar-refractivity contribution is -0.121. The largest absolute Gasteiger partial charge is 0.442 e. The number of hydrogen-bond donors (Lipinski definition) is 2. The van der Waals surface area contributed by atoms with Crippen LogP contribution in [0.15, 0.2) is 66.7 Å². The lowest BCUT2D eigenvalue weighted by atomic mass is 10.0. The predicted octanol–water partition coefficient (Wildman–Crippen LogP) is 3.87. The van der Waals surface area contributed by atoms with E-state index < -0.39 is 18.0 Å². The number of ether oxygens (including phenoxy) is 1. The zero-order valence-electron chi connectivity index (χ0n) is 19.1. The Morgan fingerprint density at radius 3 is 2.67 bits per heavy atom. The molecule has 3 aromatic carbocycles. The fourth-order valence-electron chi connectivity index (χ4n) is 4.21. The highest BCUT2D eigenvalue weighted by Gasteiger charge is 2.35. The van der Waals surface area contributed by atoms with Crippen LogP contribution in [-0.4, -0.2) is 52.4 Å². The maximum atomic E-state index is 15.1. The molecule has 182 valence electrons. The quantitative estimate of drug-likeness (QED) is 0.365. The maximum Gasteiger partial charge on any atom is 0.414 e. The van der Waals surface area contributed by atoms with Crippen LogP contribution in [0.3, 0.4) is 0 Å². The van der Waals surface area contributed by atoms with Gasteiger partial charge >= 0.3 is 6.09 Å². The summed E-state index contributed by atoms with van der Waals surface area (Å²) in [5.41, 5.74) is 2.62. The van der Waals surface area contributed by atoms with Crippen molar-refractivity contribution in [2.45, 2.75) is 18.9 Å². The molecule has 2 N–H and O–H groups in total. The molecule has 36 heavy (non-hydrogen) atoms. The Hall–Kier alpha value is -4.60. The molecule has 2 amide bonds. The van der Waals surface area contributed by atoms with Crippen molar-refractivity contribution >= 4 is 34.5 Å². The molecule has 1 atom stereocenters. The van der Waals surface area contributed by atoms with E-state index >= 15 is 4.39 Å². The number of nitrogens with one attached hydrogen (secondary N) is 2. The molecule has 0 saturated carbocycles. The van der Waals surface area contributed by atoms with E-state index in [1.54, 1.807) is 48.5 Å². The number of anilines is 1. The van der Waals surface area contributed by atoms with Crippen LogP contribution in [0, 0.1) is 5.82 Å². The van der Waals surface area contributed by atoms with Crippen LogP contribution in [0.25, 0.3) is 22.2 Å². The number of benzene rings is 3. The molecular formula is C26H22FN5O4. The van der Waals surface area contributed by atoms with Crippen molar-refractivity contribution in [3.8, 4) is 11.1 Å². The van der Waals surface area contributed by atoms with Gasteiger partial charge in [0.2, 0.25) is 5.91 Å². The second-order valence-corrected chi connectivity index (χ2v) is 8.34. The highest BCUT2D eigenvalue weighted by Crippen LogP contribution is 2.38. The number of halogens is 1. The van der Waals surface area contributed by atoms with Crippen molar-refractivity contribution in [3.63, 3.8) is 0 Å². The van der Waals surface area contributed by atoms with Crippen molar-refractivity contribution < 1.29 is 23.5 Å². The van der Waals surface area contributed by atoms with Gasteiger partial charge in [0.05, 0.1) is 18.8 Å². The summed E-state index contributed by atoms with van der Waals surface area (Å²) in [5, 5.41) is 13.4. The molecule has 1 aliphatic rings. The number of para-hydroxylation sites is 1. The zero-order valence-corrected chi connectivity index (χ0v) is 19.1. The number of ketones is 1. The highest BCUT2D eigenvalue weighted by atomic mass is 19.1. The van der Waals surface area contributed by atoms with E-state index in [0.717, 1.165) is 0 Å². The number of hydrogen-bond acceptors (Lipinski definition) is 6. The number of Topliss-reactive ketones (excluding diaryl/α,β-unsaturated/α-hetero) is 1. The number of aromatic nitrogens is 3. The monoisotopic (exact) mass is 487 g/mol. The number of rotatable bonds is 8. The van der Waals surface area contributed by atoms with Crippen molar-refractivity contribution in [3.05, 3.63) is 78.1 Å². The number of aromatic amines is 1. The summed E-state index contributed by atoms with van der Waals surface area (Å²) < 4.78 is 20.5. The van der Waals surface area contributed by atoms with Gasteiger partial charge in [0.15, 0.2) is 5.78 Å². The van der Waals surface area contributed by atoms with Crippen LogP contribution in [-0.2, 0) is 9.53 Å². The fourth-order valence-corrected chi connectivity index (χ4v) is 4.21. The minimum Gasteiger partial charge on any atom is -0.442 e. The molecule has 0 radical (unpaired) electrons. The maximum absolute atomic E-state index is 15.1. The molecule has 2 heterocycles. The molecule has 0 spiro atoms. The Bertz CT molecular complexity index is 1440. The number of carbonyl (C=O) groups excluding carboxylic acids is 3. The Balaban J connectivity index is 1.25. The van der Waals surface area contributed by atoms with E-state index in [2.05, 4.69) is 20.7 Å². The number of H-pyrrole nitrogens is 1. The average molecular weight is 487 g/mol. The number of nitrogens with zero attached hydrogens (tertiary/aromatic N) is 3. The van der Waals surface area contributed by atoms with Crippen molar-refractivity contribution in [1.82, 2.24) is 20.7 Å². The highest BCUT2D eigenvalue weighted by molar-refractivity contribution is 6.01. The topological polar surface area (TPSA) is 117 Å². The lowest BCUT2D eigenvalue weighted by Crippen LogP contribution is -2.34. The van der Waals surface area contributed by atoms with Crippen LogP contribution >= 0.6 is 0 Å². The second-order valence-electron chi connectivity index (χ2n) is 8.34.